The summed E-state index contributed by atoms with van der Waals surface area (Å²) in [7, 11) is -3.46. The summed E-state index contributed by atoms with van der Waals surface area (Å²) in [6.07, 6.45) is 9.65. The van der Waals surface area contributed by atoms with Crippen LogP contribution in [-0.4, -0.2) is 50.7 Å². The molecule has 34 heavy (non-hydrogen) atoms. The summed E-state index contributed by atoms with van der Waals surface area (Å²) < 4.78 is 27.0. The molecule has 0 aromatic heterocycles. The first-order valence-electron chi connectivity index (χ1n) is 12.9. The molecule has 0 atom stereocenters. The number of carbonyl (C=O) groups is 2. The number of hydrogen-bond acceptors (Lipinski definition) is 4. The second-order valence-electron chi connectivity index (χ2n) is 11.3. The first-order chi connectivity index (χ1) is 16.3. The van der Waals surface area contributed by atoms with Crippen molar-refractivity contribution in [2.45, 2.75) is 62.7 Å². The molecule has 0 spiro atoms. The molecule has 4 saturated carbocycles. The Morgan fingerprint density at radius 1 is 0.882 bits per heavy atom. The van der Waals surface area contributed by atoms with Crippen molar-refractivity contribution < 1.29 is 18.0 Å². The summed E-state index contributed by atoms with van der Waals surface area (Å²) in [5, 5.41) is 5.78. The average molecular weight is 488 g/mol. The van der Waals surface area contributed by atoms with Crippen LogP contribution in [-0.2, 0) is 19.6 Å². The van der Waals surface area contributed by atoms with Crippen LogP contribution in [0.5, 0.6) is 0 Å². The molecule has 6 rings (SSSR count). The lowest BCUT2D eigenvalue weighted by molar-refractivity contribution is -0.132. The van der Waals surface area contributed by atoms with Crippen LogP contribution in [0.15, 0.2) is 35.2 Å². The van der Waals surface area contributed by atoms with E-state index < -0.39 is 10.0 Å². The smallest absolute Gasteiger partial charge is 0.243 e. The molecule has 1 aromatic carbocycles. The number of benzene rings is 1. The minimum absolute atomic E-state index is 0.0107. The van der Waals surface area contributed by atoms with Crippen molar-refractivity contribution in [1.82, 2.24) is 14.9 Å². The van der Waals surface area contributed by atoms with Gasteiger partial charge in [-0.3, -0.25) is 9.59 Å². The Bertz CT molecular complexity index is 967. The molecule has 1 aliphatic heterocycles. The van der Waals surface area contributed by atoms with Gasteiger partial charge < -0.3 is 10.6 Å². The average Bonchev–Trinajstić information content (AvgIpc) is 2.81. The van der Waals surface area contributed by atoms with Gasteiger partial charge in [0.1, 0.15) is 0 Å². The van der Waals surface area contributed by atoms with E-state index in [9.17, 15) is 18.0 Å². The van der Waals surface area contributed by atoms with Crippen molar-refractivity contribution in [2.75, 3.05) is 26.2 Å². The summed E-state index contributed by atoms with van der Waals surface area (Å²) in [5.74, 6) is 2.54. The number of rotatable bonds is 8. The normalized spacial score (nSPS) is 31.4. The Hall–Kier alpha value is -1.93. The fourth-order valence-corrected chi connectivity index (χ4v) is 9.00. The summed E-state index contributed by atoms with van der Waals surface area (Å²) in [6, 6.07) is 8.52. The van der Waals surface area contributed by atoms with Crippen molar-refractivity contribution in [2.24, 2.45) is 29.1 Å². The van der Waals surface area contributed by atoms with Gasteiger partial charge in [0.2, 0.25) is 21.8 Å². The Labute approximate surface area is 203 Å². The Balaban J connectivity index is 1.01. The number of nitrogens with zero attached hydrogens (tertiary/aromatic N) is 1. The first-order valence-corrected chi connectivity index (χ1v) is 14.3. The fourth-order valence-electron chi connectivity index (χ4n) is 7.50. The van der Waals surface area contributed by atoms with Crippen LogP contribution in [0.1, 0.15) is 57.8 Å². The molecule has 5 aliphatic rings. The molecule has 4 aliphatic carbocycles. The molecule has 0 radical (unpaired) electrons. The van der Waals surface area contributed by atoms with Gasteiger partial charge in [-0.05, 0) is 92.6 Å². The summed E-state index contributed by atoms with van der Waals surface area (Å²) >= 11 is 0. The topological polar surface area (TPSA) is 95.6 Å². The molecule has 2 N–H and O–H groups in total. The highest BCUT2D eigenvalue weighted by atomic mass is 32.2. The molecule has 1 aromatic rings. The summed E-state index contributed by atoms with van der Waals surface area (Å²) in [5.41, 5.74) is 0.184. The number of nitrogens with one attached hydrogen (secondary N) is 2. The third-order valence-electron chi connectivity index (χ3n) is 8.69. The molecule has 2 amide bonds. The second-order valence-corrected chi connectivity index (χ2v) is 13.3. The highest BCUT2D eigenvalue weighted by molar-refractivity contribution is 7.89. The predicted molar refractivity (Wildman–Crippen MR) is 129 cm³/mol. The minimum Gasteiger partial charge on any atom is -0.354 e. The molecule has 7 nitrogen and oxygen atoms in total. The van der Waals surface area contributed by atoms with Gasteiger partial charge in [0.05, 0.1) is 11.4 Å². The van der Waals surface area contributed by atoms with Crippen LogP contribution in [0.3, 0.4) is 0 Å². The van der Waals surface area contributed by atoms with Crippen molar-refractivity contribution in [1.29, 1.82) is 0 Å². The predicted octanol–water partition coefficient (Wildman–Crippen LogP) is 2.93. The Morgan fingerprint density at radius 2 is 1.47 bits per heavy atom. The summed E-state index contributed by atoms with van der Waals surface area (Å²) in [6.45, 7) is 1.45. The largest absolute Gasteiger partial charge is 0.354 e. The lowest BCUT2D eigenvalue weighted by Gasteiger charge is -2.56. The van der Waals surface area contributed by atoms with E-state index in [4.69, 9.17) is 0 Å². The van der Waals surface area contributed by atoms with Gasteiger partial charge in [-0.2, -0.15) is 4.31 Å². The minimum atomic E-state index is -3.46. The first kappa shape index (κ1) is 23.8. The molecule has 5 fully saturated rings. The zero-order valence-electron chi connectivity index (χ0n) is 19.9. The molecule has 8 heteroatoms. The van der Waals surface area contributed by atoms with Gasteiger partial charge in [0.25, 0.3) is 0 Å². The Morgan fingerprint density at radius 3 is 2.06 bits per heavy atom. The van der Waals surface area contributed by atoms with E-state index in [1.807, 2.05) is 0 Å². The van der Waals surface area contributed by atoms with E-state index >= 15 is 0 Å². The van der Waals surface area contributed by atoms with Crippen molar-refractivity contribution >= 4 is 21.8 Å². The molecule has 1 saturated heterocycles. The lowest BCUT2D eigenvalue weighted by Crippen LogP contribution is -2.48. The highest BCUT2D eigenvalue weighted by Gasteiger charge is 2.51. The molecular weight excluding hydrogens is 450 g/mol. The number of sulfonamides is 1. The zero-order chi connectivity index (χ0) is 23.8. The van der Waals surface area contributed by atoms with Crippen LogP contribution in [0, 0.1) is 29.1 Å². The van der Waals surface area contributed by atoms with Crippen LogP contribution in [0.25, 0.3) is 0 Å². The molecule has 186 valence electrons. The third kappa shape index (κ3) is 5.18. The molecular formula is C26H37N3O4S. The van der Waals surface area contributed by atoms with Crippen molar-refractivity contribution in [3.63, 3.8) is 0 Å². The highest BCUT2D eigenvalue weighted by Crippen LogP contribution is 2.61. The maximum absolute atomic E-state index is 12.8. The van der Waals surface area contributed by atoms with E-state index in [0.29, 0.717) is 43.8 Å². The number of carbonyl (C=O) groups excluding carboxylic acids is 2. The summed E-state index contributed by atoms with van der Waals surface area (Å²) in [4.78, 5) is 25.3. The van der Waals surface area contributed by atoms with E-state index in [2.05, 4.69) is 10.6 Å². The molecule has 1 heterocycles. The van der Waals surface area contributed by atoms with Gasteiger partial charge in [0.15, 0.2) is 0 Å². The molecule has 0 unspecified atom stereocenters. The van der Waals surface area contributed by atoms with E-state index in [-0.39, 0.29) is 29.7 Å². The van der Waals surface area contributed by atoms with Crippen LogP contribution >= 0.6 is 0 Å². The van der Waals surface area contributed by atoms with Gasteiger partial charge in [0, 0.05) is 26.1 Å². The van der Waals surface area contributed by atoms with Gasteiger partial charge >= 0.3 is 0 Å². The quantitative estimate of drug-likeness (QED) is 0.589. The maximum atomic E-state index is 12.8. The molecule has 4 bridgehead atoms. The standard InChI is InChI=1S/C26H37N3O4S/c30-24(16-26-13-20-10-21(14-26)12-22(11-20)15-26)28-18-25(31)27-17-19-6-8-29(9-7-19)34(32,33)23-4-2-1-3-5-23/h1-5,19-22H,6-18H2,(H,27,31)(H,28,30). The number of amides is 2. The van der Waals surface area contributed by atoms with E-state index in [0.717, 1.165) is 17.8 Å². The number of piperidine rings is 1. The van der Waals surface area contributed by atoms with Gasteiger partial charge in [-0.15, -0.1) is 0 Å². The van der Waals surface area contributed by atoms with Crippen LogP contribution < -0.4 is 10.6 Å². The van der Waals surface area contributed by atoms with Crippen molar-refractivity contribution in [3.8, 4) is 0 Å². The monoisotopic (exact) mass is 487 g/mol. The zero-order valence-corrected chi connectivity index (χ0v) is 20.7. The fraction of sp³-hybridized carbons (Fsp3) is 0.692. The van der Waals surface area contributed by atoms with E-state index in [1.54, 1.807) is 30.3 Å². The third-order valence-corrected chi connectivity index (χ3v) is 10.6. The van der Waals surface area contributed by atoms with Crippen molar-refractivity contribution in [3.05, 3.63) is 30.3 Å². The number of hydrogen-bond donors (Lipinski definition) is 2. The SMILES string of the molecule is O=C(CNC(=O)CC12CC3CC(CC(C3)C1)C2)NCC1CCN(S(=O)(=O)c2ccccc2)CC1. The maximum Gasteiger partial charge on any atom is 0.243 e. The second kappa shape index (κ2) is 9.61. The Kier molecular flexibility index (Phi) is 6.73. The van der Waals surface area contributed by atoms with Crippen LogP contribution in [0.2, 0.25) is 0 Å². The van der Waals surface area contributed by atoms with Gasteiger partial charge in [-0.1, -0.05) is 18.2 Å². The van der Waals surface area contributed by atoms with Gasteiger partial charge in [-0.25, -0.2) is 8.42 Å². The van der Waals surface area contributed by atoms with Crippen LogP contribution in [0.4, 0.5) is 0 Å². The lowest BCUT2D eigenvalue weighted by atomic mass is 9.49. The van der Waals surface area contributed by atoms with E-state index in [1.165, 1.54) is 42.8 Å².